The predicted molar refractivity (Wildman–Crippen MR) is 88.6 cm³/mol. The second kappa shape index (κ2) is 6.78. The highest BCUT2D eigenvalue weighted by atomic mass is 32.2. The summed E-state index contributed by atoms with van der Waals surface area (Å²) in [5, 5.41) is 11.0. The van der Waals surface area contributed by atoms with Gasteiger partial charge in [0, 0.05) is 11.6 Å². The normalized spacial score (nSPS) is 17.9. The van der Waals surface area contributed by atoms with E-state index in [1.807, 2.05) is 13.8 Å². The van der Waals surface area contributed by atoms with Crippen molar-refractivity contribution >= 4 is 28.2 Å². The summed E-state index contributed by atoms with van der Waals surface area (Å²) < 4.78 is 16.5. The van der Waals surface area contributed by atoms with Crippen molar-refractivity contribution in [2.24, 2.45) is 10.3 Å². The number of para-hydroxylation sites is 1. The standard InChI is InChI=1S/C16H16N2O4S/c1-10(2)12-9-13(11(3)8-15(12)19)17-23(22)16-7-5-4-6-14(16)18(20)21/h4-10H,1-3H3/t23-/m0/s1. The van der Waals surface area contributed by atoms with Crippen molar-refractivity contribution in [2.75, 3.05) is 0 Å². The average molecular weight is 332 g/mol. The first-order valence-electron chi connectivity index (χ1n) is 7.00. The SMILES string of the molecule is CC1=CC(=O)C(C(C)C)=CC1=N[S@@](=O)c1ccccc1[N+](=O)[O-]. The number of rotatable bonds is 4. The second-order valence-electron chi connectivity index (χ2n) is 5.40. The molecule has 23 heavy (non-hydrogen) atoms. The van der Waals surface area contributed by atoms with E-state index < -0.39 is 15.9 Å². The number of carbonyl (C=O) groups excluding carboxylic acids is 1. The van der Waals surface area contributed by atoms with Crippen LogP contribution in [0.1, 0.15) is 20.8 Å². The van der Waals surface area contributed by atoms with Gasteiger partial charge in [0.1, 0.15) is 4.90 Å². The Morgan fingerprint density at radius 3 is 2.48 bits per heavy atom. The Kier molecular flexibility index (Phi) is 5.00. The van der Waals surface area contributed by atoms with E-state index >= 15 is 0 Å². The first-order valence-corrected chi connectivity index (χ1v) is 8.10. The molecule has 0 aliphatic heterocycles. The van der Waals surface area contributed by atoms with Crippen LogP contribution in [-0.4, -0.2) is 20.6 Å². The van der Waals surface area contributed by atoms with Gasteiger partial charge in [-0.2, -0.15) is 4.40 Å². The number of nitro benzene ring substituents is 1. The van der Waals surface area contributed by atoms with E-state index in [1.165, 1.54) is 24.3 Å². The maximum Gasteiger partial charge on any atom is 0.287 e. The molecular weight excluding hydrogens is 316 g/mol. The molecule has 1 atom stereocenters. The van der Waals surface area contributed by atoms with Crippen LogP contribution in [-0.2, 0) is 15.8 Å². The lowest BCUT2D eigenvalue weighted by Gasteiger charge is -2.14. The second-order valence-corrected chi connectivity index (χ2v) is 6.52. The highest BCUT2D eigenvalue weighted by molar-refractivity contribution is 7.84. The summed E-state index contributed by atoms with van der Waals surface area (Å²) >= 11 is 0. The van der Waals surface area contributed by atoms with Crippen LogP contribution in [0.25, 0.3) is 0 Å². The van der Waals surface area contributed by atoms with Crippen molar-refractivity contribution < 1.29 is 13.9 Å². The summed E-state index contributed by atoms with van der Waals surface area (Å²) in [5.41, 5.74) is 1.33. The molecule has 7 heteroatoms. The van der Waals surface area contributed by atoms with Gasteiger partial charge in [-0.1, -0.05) is 26.0 Å². The summed E-state index contributed by atoms with van der Waals surface area (Å²) in [5.74, 6) is -0.0792. The van der Waals surface area contributed by atoms with Crippen LogP contribution in [0, 0.1) is 16.0 Å². The Morgan fingerprint density at radius 2 is 1.87 bits per heavy atom. The molecular formula is C16H16N2O4S. The lowest BCUT2D eigenvalue weighted by molar-refractivity contribution is -0.387. The highest BCUT2D eigenvalue weighted by Crippen LogP contribution is 2.24. The molecule has 0 fully saturated rings. The van der Waals surface area contributed by atoms with Crippen LogP contribution in [0.3, 0.4) is 0 Å². The lowest BCUT2D eigenvalue weighted by atomic mass is 9.90. The van der Waals surface area contributed by atoms with Crippen molar-refractivity contribution in [2.45, 2.75) is 25.7 Å². The van der Waals surface area contributed by atoms with E-state index in [0.717, 1.165) is 0 Å². The molecule has 0 spiro atoms. The molecule has 0 radical (unpaired) electrons. The van der Waals surface area contributed by atoms with Crippen molar-refractivity contribution in [3.05, 3.63) is 57.7 Å². The van der Waals surface area contributed by atoms with Crippen LogP contribution in [0.4, 0.5) is 5.69 Å². The Bertz CT molecular complexity index is 791. The molecule has 0 aromatic heterocycles. The molecule has 120 valence electrons. The fourth-order valence-corrected chi connectivity index (χ4v) is 3.12. The van der Waals surface area contributed by atoms with E-state index in [0.29, 0.717) is 16.9 Å². The number of ketones is 1. The zero-order valence-corrected chi connectivity index (χ0v) is 13.8. The maximum atomic E-state index is 12.4. The lowest BCUT2D eigenvalue weighted by Crippen LogP contribution is -2.16. The molecule has 0 saturated carbocycles. The number of hydrogen-bond donors (Lipinski definition) is 0. The summed E-state index contributed by atoms with van der Waals surface area (Å²) in [4.78, 5) is 22.4. The summed E-state index contributed by atoms with van der Waals surface area (Å²) in [6.45, 7) is 5.46. The van der Waals surface area contributed by atoms with E-state index in [4.69, 9.17) is 0 Å². The molecule has 0 heterocycles. The topological polar surface area (TPSA) is 89.6 Å². The molecule has 0 saturated heterocycles. The molecule has 0 bridgehead atoms. The summed E-state index contributed by atoms with van der Waals surface area (Å²) in [6, 6.07) is 5.78. The Labute approximate surface area is 136 Å². The minimum absolute atomic E-state index is 0.0107. The van der Waals surface area contributed by atoms with Crippen molar-refractivity contribution in [3.8, 4) is 0 Å². The van der Waals surface area contributed by atoms with Gasteiger partial charge < -0.3 is 0 Å². The summed E-state index contributed by atoms with van der Waals surface area (Å²) in [6.07, 6.45) is 3.06. The highest BCUT2D eigenvalue weighted by Gasteiger charge is 2.22. The van der Waals surface area contributed by atoms with Gasteiger partial charge in [0.25, 0.3) is 5.69 Å². The number of allylic oxidation sites excluding steroid dienone is 4. The first kappa shape index (κ1) is 17.0. The van der Waals surface area contributed by atoms with Gasteiger partial charge in [-0.05, 0) is 36.6 Å². The third-order valence-electron chi connectivity index (χ3n) is 3.38. The third kappa shape index (κ3) is 3.68. The zero-order chi connectivity index (χ0) is 17.1. The number of nitro groups is 1. The van der Waals surface area contributed by atoms with Gasteiger partial charge in [-0.25, -0.2) is 4.21 Å². The van der Waals surface area contributed by atoms with Crippen molar-refractivity contribution in [1.82, 2.24) is 0 Å². The minimum Gasteiger partial charge on any atom is -0.290 e. The predicted octanol–water partition coefficient (Wildman–Crippen LogP) is 3.17. The fraction of sp³-hybridized carbons (Fsp3) is 0.250. The Morgan fingerprint density at radius 1 is 1.22 bits per heavy atom. The third-order valence-corrected chi connectivity index (χ3v) is 4.47. The molecule has 0 N–H and O–H groups in total. The van der Waals surface area contributed by atoms with Crippen LogP contribution in [0.2, 0.25) is 0 Å². The maximum absolute atomic E-state index is 12.4. The van der Waals surface area contributed by atoms with Gasteiger partial charge >= 0.3 is 0 Å². The van der Waals surface area contributed by atoms with Gasteiger partial charge in [-0.15, -0.1) is 0 Å². The number of benzene rings is 1. The van der Waals surface area contributed by atoms with Gasteiger partial charge in [0.15, 0.2) is 16.8 Å². The number of hydrogen-bond acceptors (Lipinski definition) is 4. The van der Waals surface area contributed by atoms with Gasteiger partial charge in [0.2, 0.25) is 0 Å². The van der Waals surface area contributed by atoms with E-state index in [9.17, 15) is 19.1 Å². The monoisotopic (exact) mass is 332 g/mol. The molecule has 1 aliphatic carbocycles. The van der Waals surface area contributed by atoms with Crippen LogP contribution < -0.4 is 0 Å². The largest absolute Gasteiger partial charge is 0.290 e. The van der Waals surface area contributed by atoms with E-state index in [2.05, 4.69) is 4.40 Å². The molecule has 1 aromatic carbocycles. The van der Waals surface area contributed by atoms with Gasteiger partial charge in [-0.3, -0.25) is 14.9 Å². The van der Waals surface area contributed by atoms with Crippen molar-refractivity contribution in [3.63, 3.8) is 0 Å². The fourth-order valence-electron chi connectivity index (χ4n) is 2.13. The van der Waals surface area contributed by atoms with E-state index in [-0.39, 0.29) is 22.3 Å². The smallest absolute Gasteiger partial charge is 0.287 e. The molecule has 2 rings (SSSR count). The summed E-state index contributed by atoms with van der Waals surface area (Å²) in [7, 11) is -1.92. The zero-order valence-electron chi connectivity index (χ0n) is 13.0. The molecule has 0 amide bonds. The first-order chi connectivity index (χ1) is 10.8. The van der Waals surface area contributed by atoms with Crippen LogP contribution in [0.5, 0.6) is 0 Å². The number of nitrogens with zero attached hydrogens (tertiary/aromatic N) is 2. The van der Waals surface area contributed by atoms with Crippen LogP contribution >= 0.6 is 0 Å². The van der Waals surface area contributed by atoms with Crippen LogP contribution in [0.15, 0.2) is 56.9 Å². The quantitative estimate of drug-likeness (QED) is 0.481. The molecule has 1 aliphatic rings. The van der Waals surface area contributed by atoms with Gasteiger partial charge in [0.05, 0.1) is 10.6 Å². The number of carbonyl (C=O) groups is 1. The van der Waals surface area contributed by atoms with E-state index in [1.54, 1.807) is 19.1 Å². The van der Waals surface area contributed by atoms with Crippen molar-refractivity contribution in [1.29, 1.82) is 0 Å². The Balaban J connectivity index is 2.45. The minimum atomic E-state index is -1.92. The average Bonchev–Trinajstić information content (AvgIpc) is 2.49. The molecule has 6 nitrogen and oxygen atoms in total. The Hall–Kier alpha value is -2.41. The molecule has 0 unspecified atom stereocenters. The molecule has 1 aromatic rings.